The van der Waals surface area contributed by atoms with Crippen LogP contribution in [0.1, 0.15) is 30.3 Å². The molecular weight excluding hydrogens is 411 g/mol. The average Bonchev–Trinajstić information content (AvgIpc) is 3.32. The van der Waals surface area contributed by atoms with Crippen LogP contribution in [-0.2, 0) is 9.53 Å². The number of nitrogens with zero attached hydrogens (tertiary/aromatic N) is 2. The Hall–Kier alpha value is -2.84. The summed E-state index contributed by atoms with van der Waals surface area (Å²) in [5.74, 6) is -0.896. The van der Waals surface area contributed by atoms with Gasteiger partial charge < -0.3 is 4.74 Å². The second-order valence-electron chi connectivity index (χ2n) is 6.34. The number of benzene rings is 1. The Morgan fingerprint density at radius 2 is 2.10 bits per heavy atom. The number of hydrogen-bond donors (Lipinski definition) is 0. The van der Waals surface area contributed by atoms with Crippen molar-refractivity contribution in [1.29, 1.82) is 0 Å². The van der Waals surface area contributed by atoms with Gasteiger partial charge in [0.25, 0.3) is 5.56 Å². The van der Waals surface area contributed by atoms with E-state index < -0.39 is 17.8 Å². The molecule has 1 atom stereocenters. The molecule has 0 amide bonds. The third-order valence-electron chi connectivity index (χ3n) is 4.52. The van der Waals surface area contributed by atoms with E-state index in [0.717, 1.165) is 4.88 Å². The van der Waals surface area contributed by atoms with Crippen molar-refractivity contribution < 1.29 is 13.9 Å². The van der Waals surface area contributed by atoms with Crippen molar-refractivity contribution >= 4 is 34.7 Å². The summed E-state index contributed by atoms with van der Waals surface area (Å²) >= 11 is 2.63. The number of carbonyl (C=O) groups is 1. The molecule has 3 aromatic rings. The molecule has 1 aliphatic heterocycles. The van der Waals surface area contributed by atoms with E-state index in [9.17, 15) is 14.0 Å². The highest BCUT2D eigenvalue weighted by atomic mass is 32.1. The maximum Gasteiger partial charge on any atom is 0.338 e. The van der Waals surface area contributed by atoms with Gasteiger partial charge in [-0.1, -0.05) is 35.6 Å². The number of esters is 1. The predicted octanol–water partition coefficient (Wildman–Crippen LogP) is 3.00. The van der Waals surface area contributed by atoms with Crippen LogP contribution in [0.4, 0.5) is 4.39 Å². The zero-order valence-corrected chi connectivity index (χ0v) is 17.3. The summed E-state index contributed by atoms with van der Waals surface area (Å²) in [7, 11) is 0. The number of carbonyl (C=O) groups excluding carboxylic acids is 1. The maximum absolute atomic E-state index is 14.1. The maximum atomic E-state index is 14.1. The molecule has 1 aliphatic rings. The molecule has 0 aliphatic carbocycles. The highest BCUT2D eigenvalue weighted by Crippen LogP contribution is 2.33. The van der Waals surface area contributed by atoms with Crippen LogP contribution in [0.3, 0.4) is 0 Å². The molecule has 5 nitrogen and oxygen atoms in total. The summed E-state index contributed by atoms with van der Waals surface area (Å²) in [6.07, 6.45) is 1.52. The fourth-order valence-corrected chi connectivity index (χ4v) is 5.10. The molecule has 1 aromatic carbocycles. The lowest BCUT2D eigenvalue weighted by Crippen LogP contribution is -2.39. The van der Waals surface area contributed by atoms with Crippen molar-refractivity contribution in [3.05, 3.63) is 89.0 Å². The third kappa shape index (κ3) is 3.49. The van der Waals surface area contributed by atoms with Crippen molar-refractivity contribution in [3.8, 4) is 0 Å². The number of allylic oxidation sites excluding steroid dienone is 1. The molecule has 0 unspecified atom stereocenters. The normalized spacial score (nSPS) is 16.5. The van der Waals surface area contributed by atoms with E-state index in [1.165, 1.54) is 39.4 Å². The number of thiophene rings is 1. The van der Waals surface area contributed by atoms with Gasteiger partial charge in [0.2, 0.25) is 0 Å². The largest absolute Gasteiger partial charge is 0.463 e. The molecule has 29 heavy (non-hydrogen) atoms. The van der Waals surface area contributed by atoms with Gasteiger partial charge in [0.05, 0.1) is 22.4 Å². The number of aromatic nitrogens is 1. The van der Waals surface area contributed by atoms with Crippen molar-refractivity contribution in [2.24, 2.45) is 4.99 Å². The van der Waals surface area contributed by atoms with E-state index in [0.29, 0.717) is 26.2 Å². The van der Waals surface area contributed by atoms with Gasteiger partial charge >= 0.3 is 5.97 Å². The molecule has 0 saturated carbocycles. The molecule has 0 fully saturated rings. The van der Waals surface area contributed by atoms with Crippen LogP contribution in [0.2, 0.25) is 0 Å². The first-order valence-electron chi connectivity index (χ1n) is 8.99. The van der Waals surface area contributed by atoms with Gasteiger partial charge in [0, 0.05) is 10.4 Å². The summed E-state index contributed by atoms with van der Waals surface area (Å²) in [6, 6.07) is 9.39. The minimum absolute atomic E-state index is 0.227. The zero-order valence-electron chi connectivity index (χ0n) is 15.7. The van der Waals surface area contributed by atoms with Crippen LogP contribution in [0, 0.1) is 5.82 Å². The van der Waals surface area contributed by atoms with Crippen LogP contribution in [-0.4, -0.2) is 17.1 Å². The number of hydrogen-bond acceptors (Lipinski definition) is 6. The number of ether oxygens (including phenoxy) is 1. The predicted molar refractivity (Wildman–Crippen MR) is 111 cm³/mol. The Bertz CT molecular complexity index is 1290. The van der Waals surface area contributed by atoms with Gasteiger partial charge in [-0.05, 0) is 37.4 Å². The molecule has 0 saturated heterocycles. The van der Waals surface area contributed by atoms with Crippen LogP contribution in [0.5, 0.6) is 0 Å². The highest BCUT2D eigenvalue weighted by molar-refractivity contribution is 7.10. The van der Waals surface area contributed by atoms with Crippen LogP contribution in [0.25, 0.3) is 6.08 Å². The molecule has 0 N–H and O–H groups in total. The Morgan fingerprint density at radius 1 is 1.31 bits per heavy atom. The van der Waals surface area contributed by atoms with Gasteiger partial charge in [-0.3, -0.25) is 9.36 Å². The van der Waals surface area contributed by atoms with Crippen LogP contribution >= 0.6 is 22.7 Å². The number of thiazole rings is 1. The Kier molecular flexibility index (Phi) is 5.29. The lowest BCUT2D eigenvalue weighted by Gasteiger charge is -2.23. The topological polar surface area (TPSA) is 60.7 Å². The molecule has 3 heterocycles. The molecule has 0 bridgehead atoms. The number of fused-ring (bicyclic) bond motifs is 1. The molecule has 0 spiro atoms. The first kappa shape index (κ1) is 19.5. The lowest BCUT2D eigenvalue weighted by molar-refractivity contribution is -0.139. The van der Waals surface area contributed by atoms with E-state index >= 15 is 0 Å². The molecule has 2 aromatic heterocycles. The summed E-state index contributed by atoms with van der Waals surface area (Å²) < 4.78 is 21.2. The summed E-state index contributed by atoms with van der Waals surface area (Å²) in [6.45, 7) is 3.70. The van der Waals surface area contributed by atoms with Crippen molar-refractivity contribution in [2.75, 3.05) is 6.61 Å². The van der Waals surface area contributed by atoms with E-state index in [-0.39, 0.29) is 12.2 Å². The quantitative estimate of drug-likeness (QED) is 0.601. The first-order chi connectivity index (χ1) is 14.0. The van der Waals surface area contributed by atoms with Crippen molar-refractivity contribution in [3.63, 3.8) is 0 Å². The lowest BCUT2D eigenvalue weighted by atomic mass is 10.0. The summed E-state index contributed by atoms with van der Waals surface area (Å²) in [5.41, 5.74) is 0.871. The van der Waals surface area contributed by atoms with Crippen LogP contribution in [0.15, 0.2) is 62.8 Å². The van der Waals surface area contributed by atoms with Gasteiger partial charge in [-0.15, -0.1) is 11.3 Å². The minimum Gasteiger partial charge on any atom is -0.463 e. The Labute approximate surface area is 173 Å². The fourth-order valence-electron chi connectivity index (χ4n) is 3.24. The average molecular weight is 429 g/mol. The van der Waals surface area contributed by atoms with Gasteiger partial charge in [-0.2, -0.15) is 0 Å². The fraction of sp³-hybridized carbons (Fsp3) is 0.190. The minimum atomic E-state index is -0.618. The molecule has 0 radical (unpaired) electrons. The van der Waals surface area contributed by atoms with E-state index in [1.807, 2.05) is 17.5 Å². The van der Waals surface area contributed by atoms with Crippen LogP contribution < -0.4 is 14.9 Å². The zero-order chi connectivity index (χ0) is 20.5. The van der Waals surface area contributed by atoms with E-state index in [4.69, 9.17) is 4.74 Å². The molecule has 4 rings (SSSR count). The highest BCUT2D eigenvalue weighted by Gasteiger charge is 2.33. The number of halogens is 1. The van der Waals surface area contributed by atoms with Gasteiger partial charge in [-0.25, -0.2) is 14.2 Å². The van der Waals surface area contributed by atoms with Gasteiger partial charge in [0.15, 0.2) is 4.80 Å². The first-order valence-corrected chi connectivity index (χ1v) is 10.7. The van der Waals surface area contributed by atoms with Crippen molar-refractivity contribution in [1.82, 2.24) is 4.57 Å². The van der Waals surface area contributed by atoms with Crippen molar-refractivity contribution in [2.45, 2.75) is 19.9 Å². The Morgan fingerprint density at radius 3 is 2.79 bits per heavy atom. The standard InChI is InChI=1S/C21H17FN2O3S2/c1-3-27-20(26)17-12(2)23-21-24(18(17)15-9-6-10-28-15)19(25)16(29-21)11-13-7-4-5-8-14(13)22/h4-11,18H,3H2,1-2H3/b16-11+/t18-/m1/s1. The Balaban J connectivity index is 1.96. The summed E-state index contributed by atoms with van der Waals surface area (Å²) in [4.78, 5) is 31.7. The monoisotopic (exact) mass is 428 g/mol. The van der Waals surface area contributed by atoms with E-state index in [1.54, 1.807) is 32.0 Å². The smallest absolute Gasteiger partial charge is 0.338 e. The third-order valence-corrected chi connectivity index (χ3v) is 6.43. The molecule has 148 valence electrons. The SMILES string of the molecule is CCOC(=O)C1=C(C)N=c2s/c(=C/c3ccccc3F)c(=O)n2[C@@H]1c1cccs1. The second kappa shape index (κ2) is 7.88. The number of rotatable bonds is 4. The molecular formula is C21H17FN2O3S2. The van der Waals surface area contributed by atoms with E-state index in [2.05, 4.69) is 4.99 Å². The van der Waals surface area contributed by atoms with Gasteiger partial charge in [0.1, 0.15) is 11.9 Å². The molecule has 8 heteroatoms. The second-order valence-corrected chi connectivity index (χ2v) is 8.33. The summed E-state index contributed by atoms with van der Waals surface area (Å²) in [5, 5.41) is 1.89.